The maximum absolute atomic E-state index is 13.3. The number of carbonyl (C=O) groups excluding carboxylic acids is 2. The fourth-order valence-corrected chi connectivity index (χ4v) is 6.51. The van der Waals surface area contributed by atoms with Crippen LogP contribution in [0.15, 0.2) is 24.3 Å². The van der Waals surface area contributed by atoms with E-state index < -0.39 is 27.4 Å². The van der Waals surface area contributed by atoms with Gasteiger partial charge in [-0.25, -0.2) is 8.42 Å². The van der Waals surface area contributed by atoms with Crippen molar-refractivity contribution in [3.8, 4) is 0 Å². The first-order valence-corrected chi connectivity index (χ1v) is 12.8. The second kappa shape index (κ2) is 8.18. The molecule has 1 aromatic carbocycles. The summed E-state index contributed by atoms with van der Waals surface area (Å²) in [7, 11) is -3.58. The zero-order valence-corrected chi connectivity index (χ0v) is 19.2. The molecule has 2 heterocycles. The van der Waals surface area contributed by atoms with E-state index in [1.807, 2.05) is 0 Å². The molecule has 8 nitrogen and oxygen atoms in total. The molecule has 0 saturated carbocycles. The molecular weight excluding hydrogens is 462 g/mol. The lowest BCUT2D eigenvalue weighted by Gasteiger charge is -2.39. The molecule has 31 heavy (non-hydrogen) atoms. The summed E-state index contributed by atoms with van der Waals surface area (Å²) < 4.78 is 31.4. The van der Waals surface area contributed by atoms with Gasteiger partial charge in [-0.1, -0.05) is 11.6 Å². The second-order valence-corrected chi connectivity index (χ2v) is 11.2. The van der Waals surface area contributed by atoms with Crippen molar-refractivity contribution in [2.45, 2.75) is 24.9 Å². The average Bonchev–Trinajstić information content (AvgIpc) is 3.30. The Morgan fingerprint density at radius 3 is 2.61 bits per heavy atom. The molecule has 11 heteroatoms. The number of hydrogen-bond acceptors (Lipinski definition) is 6. The maximum Gasteiger partial charge on any atom is 0.257 e. The van der Waals surface area contributed by atoms with Crippen LogP contribution in [0.1, 0.15) is 32.1 Å². The van der Waals surface area contributed by atoms with Crippen LogP contribution in [0.2, 0.25) is 5.02 Å². The molecule has 1 fully saturated rings. The minimum absolute atomic E-state index is 0.00315. The molecule has 1 atom stereocenters. The summed E-state index contributed by atoms with van der Waals surface area (Å²) in [5.41, 5.74) is 5.82. The predicted molar refractivity (Wildman–Crippen MR) is 119 cm³/mol. The molecule has 2 aromatic rings. The highest BCUT2D eigenvalue weighted by molar-refractivity contribution is 7.88. The van der Waals surface area contributed by atoms with Gasteiger partial charge < -0.3 is 15.8 Å². The number of benzene rings is 1. The molecular formula is C20H22ClN3O5S2. The van der Waals surface area contributed by atoms with Gasteiger partial charge in [0.1, 0.15) is 0 Å². The van der Waals surface area contributed by atoms with E-state index in [1.165, 1.54) is 15.6 Å². The van der Waals surface area contributed by atoms with Crippen LogP contribution in [0.25, 0.3) is 0 Å². The van der Waals surface area contributed by atoms with Gasteiger partial charge in [0, 0.05) is 22.1 Å². The Labute approximate surface area is 189 Å². The summed E-state index contributed by atoms with van der Waals surface area (Å²) in [5, 5.41) is 3.39. The Morgan fingerprint density at radius 1 is 1.26 bits per heavy atom. The van der Waals surface area contributed by atoms with Crippen LogP contribution in [0.5, 0.6) is 0 Å². The van der Waals surface area contributed by atoms with E-state index in [-0.39, 0.29) is 19.7 Å². The molecule has 0 radical (unpaired) electrons. The van der Waals surface area contributed by atoms with Crippen LogP contribution in [0.3, 0.4) is 0 Å². The van der Waals surface area contributed by atoms with Gasteiger partial charge >= 0.3 is 0 Å². The monoisotopic (exact) mass is 483 g/mol. The van der Waals surface area contributed by atoms with E-state index in [4.69, 9.17) is 22.1 Å². The molecule has 2 amide bonds. The van der Waals surface area contributed by atoms with Gasteiger partial charge in [-0.15, -0.1) is 11.3 Å². The summed E-state index contributed by atoms with van der Waals surface area (Å²) in [6, 6.07) is 6.68. The number of anilines is 1. The second-order valence-electron chi connectivity index (χ2n) is 7.66. The van der Waals surface area contributed by atoms with Gasteiger partial charge in [-0.2, -0.15) is 4.31 Å². The molecule has 166 valence electrons. The minimum atomic E-state index is -3.58. The number of thiophene rings is 1. The quantitative estimate of drug-likeness (QED) is 0.675. The molecule has 1 aliphatic carbocycles. The van der Waals surface area contributed by atoms with Gasteiger partial charge in [0.2, 0.25) is 10.0 Å². The van der Waals surface area contributed by atoms with E-state index in [0.717, 1.165) is 29.5 Å². The number of morpholine rings is 1. The number of fused-ring (bicyclic) bond motifs is 1. The third kappa shape index (κ3) is 4.10. The minimum Gasteiger partial charge on any atom is -0.367 e. The molecule has 3 N–H and O–H groups in total. The van der Waals surface area contributed by atoms with E-state index in [1.54, 1.807) is 24.3 Å². The number of primary amides is 1. The first kappa shape index (κ1) is 22.2. The average molecular weight is 484 g/mol. The van der Waals surface area contributed by atoms with E-state index in [2.05, 4.69) is 5.32 Å². The highest BCUT2D eigenvalue weighted by atomic mass is 35.5. The van der Waals surface area contributed by atoms with Crippen LogP contribution in [0, 0.1) is 0 Å². The van der Waals surface area contributed by atoms with Gasteiger partial charge in [-0.3, -0.25) is 9.59 Å². The van der Waals surface area contributed by atoms with Crippen LogP contribution >= 0.6 is 22.9 Å². The zero-order valence-electron chi connectivity index (χ0n) is 16.8. The number of amides is 2. The van der Waals surface area contributed by atoms with Gasteiger partial charge in [0.25, 0.3) is 11.8 Å². The van der Waals surface area contributed by atoms with E-state index >= 15 is 0 Å². The third-order valence-electron chi connectivity index (χ3n) is 5.57. The fraction of sp³-hybridized carbons (Fsp3) is 0.400. The van der Waals surface area contributed by atoms with Crippen molar-refractivity contribution in [1.29, 1.82) is 0 Å². The van der Waals surface area contributed by atoms with Crippen molar-refractivity contribution in [3.63, 3.8) is 0 Å². The summed E-state index contributed by atoms with van der Waals surface area (Å²) in [4.78, 5) is 27.4. The van der Waals surface area contributed by atoms with Crippen LogP contribution in [-0.2, 0) is 38.0 Å². The van der Waals surface area contributed by atoms with Crippen molar-refractivity contribution >= 4 is 50.5 Å². The summed E-state index contributed by atoms with van der Waals surface area (Å²) in [5.74, 6) is -1.21. The number of ether oxygens (including phenoxy) is 1. The largest absolute Gasteiger partial charge is 0.367 e. The number of nitrogens with one attached hydrogen (secondary N) is 1. The predicted octanol–water partition coefficient (Wildman–Crippen LogP) is 2.11. The lowest BCUT2D eigenvalue weighted by molar-refractivity contribution is -0.153. The Bertz CT molecular complexity index is 1150. The van der Waals surface area contributed by atoms with Gasteiger partial charge in [-0.05, 0) is 49.1 Å². The van der Waals surface area contributed by atoms with Crippen molar-refractivity contribution in [1.82, 2.24) is 4.31 Å². The number of aryl methyl sites for hydroxylation is 1. The van der Waals surface area contributed by atoms with Crippen molar-refractivity contribution in [3.05, 3.63) is 50.2 Å². The van der Waals surface area contributed by atoms with Crippen LogP contribution in [-0.4, -0.2) is 50.5 Å². The molecule has 2 aliphatic rings. The number of nitrogens with zero attached hydrogens (tertiary/aromatic N) is 1. The summed E-state index contributed by atoms with van der Waals surface area (Å²) in [6.07, 6.45) is 3.46. The maximum atomic E-state index is 13.3. The number of halogens is 1. The normalized spacial score (nSPS) is 21.6. The molecule has 1 saturated heterocycles. The SMILES string of the molecule is CS(=O)(=O)N1CCOC(C(N)=O)(c2sc3c(c2C(=O)Nc2ccc(Cl)cc2)CCC3)C1. The number of hydrogen-bond donors (Lipinski definition) is 2. The molecule has 0 bridgehead atoms. The topological polar surface area (TPSA) is 119 Å². The highest BCUT2D eigenvalue weighted by Crippen LogP contribution is 2.44. The van der Waals surface area contributed by atoms with Gasteiger partial charge in [0.15, 0.2) is 5.60 Å². The smallest absolute Gasteiger partial charge is 0.257 e. The first-order chi connectivity index (χ1) is 14.6. The summed E-state index contributed by atoms with van der Waals surface area (Å²) >= 11 is 7.23. The lowest BCUT2D eigenvalue weighted by Crippen LogP contribution is -2.57. The molecule has 0 spiro atoms. The Morgan fingerprint density at radius 2 is 1.97 bits per heavy atom. The Kier molecular flexibility index (Phi) is 5.86. The number of nitrogens with two attached hydrogens (primary N) is 1. The highest BCUT2D eigenvalue weighted by Gasteiger charge is 2.50. The summed E-state index contributed by atoms with van der Waals surface area (Å²) in [6.45, 7) is -0.149. The van der Waals surface area contributed by atoms with Crippen LogP contribution < -0.4 is 11.1 Å². The number of rotatable bonds is 5. The first-order valence-electron chi connectivity index (χ1n) is 9.73. The van der Waals surface area contributed by atoms with Crippen molar-refractivity contribution < 1.29 is 22.7 Å². The van der Waals surface area contributed by atoms with Crippen molar-refractivity contribution in [2.24, 2.45) is 5.73 Å². The molecule has 4 rings (SSSR count). The van der Waals surface area contributed by atoms with Crippen molar-refractivity contribution in [2.75, 3.05) is 31.3 Å². The van der Waals surface area contributed by atoms with Crippen LogP contribution in [0.4, 0.5) is 5.69 Å². The Balaban J connectivity index is 1.79. The molecule has 1 aliphatic heterocycles. The van der Waals surface area contributed by atoms with E-state index in [0.29, 0.717) is 27.6 Å². The Hall–Kier alpha value is -1.98. The number of carbonyl (C=O) groups is 2. The molecule has 1 unspecified atom stereocenters. The van der Waals surface area contributed by atoms with Gasteiger partial charge in [0.05, 0.1) is 29.8 Å². The third-order valence-corrected chi connectivity index (χ3v) is 8.51. The fourth-order valence-electron chi connectivity index (χ4n) is 4.03. The zero-order chi connectivity index (χ0) is 22.4. The number of sulfonamides is 1. The lowest BCUT2D eigenvalue weighted by atomic mass is 9.93. The standard InChI is InChI=1S/C20H22ClN3O5S2/c1-31(27,28)24-9-10-29-20(11-24,19(22)26)17-16(14-3-2-4-15(14)30-17)18(25)23-13-7-5-12(21)6-8-13/h5-8H,2-4,9-11H2,1H3,(H2,22,26)(H,23,25). The molecule has 1 aromatic heterocycles. The van der Waals surface area contributed by atoms with E-state index in [9.17, 15) is 18.0 Å².